The second kappa shape index (κ2) is 4.65. The van der Waals surface area contributed by atoms with Crippen LogP contribution in [0.4, 0.5) is 0 Å². The molecule has 2 amide bonds. The lowest BCUT2D eigenvalue weighted by molar-refractivity contribution is -0.142. The lowest BCUT2D eigenvalue weighted by Crippen LogP contribution is -2.44. The van der Waals surface area contributed by atoms with Gasteiger partial charge in [0.25, 0.3) is 0 Å². The van der Waals surface area contributed by atoms with Crippen LogP contribution in [0.2, 0.25) is 0 Å². The van der Waals surface area contributed by atoms with Crippen LogP contribution in [0.1, 0.15) is 0 Å². The molecule has 4 rings (SSSR count). The molecular weight excluding hydrogens is 260 g/mol. The smallest absolute Gasteiger partial charge is 0.236 e. The van der Waals surface area contributed by atoms with Crippen molar-refractivity contribution in [1.82, 2.24) is 9.80 Å². The first kappa shape index (κ1) is 12.5. The molecule has 0 saturated carbocycles. The molecule has 4 heterocycles. The van der Waals surface area contributed by atoms with Gasteiger partial charge < -0.3 is 9.47 Å². The molecular formula is C14H18N2O4. The fraction of sp³-hybridized carbons (Fsp3) is 0.714. The van der Waals surface area contributed by atoms with Gasteiger partial charge in [-0.05, 0) is 0 Å². The lowest BCUT2D eigenvalue weighted by atomic mass is 9.85. The number of rotatable bonds is 3. The van der Waals surface area contributed by atoms with Gasteiger partial charge in [0, 0.05) is 26.2 Å². The van der Waals surface area contributed by atoms with E-state index in [1.165, 1.54) is 4.90 Å². The van der Waals surface area contributed by atoms with Gasteiger partial charge in [-0.3, -0.25) is 19.4 Å². The topological polar surface area (TPSA) is 59.1 Å². The van der Waals surface area contributed by atoms with Gasteiger partial charge in [0.1, 0.15) is 0 Å². The number of imide groups is 1. The minimum atomic E-state index is -0.276. The summed E-state index contributed by atoms with van der Waals surface area (Å²) in [6.45, 7) is 4.44. The van der Waals surface area contributed by atoms with Crippen LogP contribution in [0.25, 0.3) is 0 Å². The first-order valence-corrected chi connectivity index (χ1v) is 7.25. The van der Waals surface area contributed by atoms with E-state index in [9.17, 15) is 9.59 Å². The van der Waals surface area contributed by atoms with E-state index in [-0.39, 0.29) is 35.9 Å². The SMILES string of the molecule is O=C1C2C3C=CC(O3)C2C(=O)N1CCN1CCOCC1. The van der Waals surface area contributed by atoms with Crippen molar-refractivity contribution in [3.8, 4) is 0 Å². The fourth-order valence-corrected chi connectivity index (χ4v) is 3.65. The number of likely N-dealkylation sites (tertiary alicyclic amines) is 1. The van der Waals surface area contributed by atoms with E-state index in [0.717, 1.165) is 32.8 Å². The van der Waals surface area contributed by atoms with Gasteiger partial charge in [-0.15, -0.1) is 0 Å². The molecule has 0 aromatic heterocycles. The Kier molecular flexibility index (Phi) is 2.90. The number of hydrogen-bond donors (Lipinski definition) is 0. The molecule has 6 nitrogen and oxygen atoms in total. The Bertz CT molecular complexity index is 442. The summed E-state index contributed by atoms with van der Waals surface area (Å²) in [5.74, 6) is -0.653. The first-order chi connectivity index (χ1) is 9.75. The number of carbonyl (C=O) groups excluding carboxylic acids is 2. The maximum Gasteiger partial charge on any atom is 0.236 e. The molecule has 20 heavy (non-hydrogen) atoms. The number of fused-ring (bicyclic) bond motifs is 5. The fourth-order valence-electron chi connectivity index (χ4n) is 3.65. The molecule has 108 valence electrons. The molecule has 0 aliphatic carbocycles. The van der Waals surface area contributed by atoms with Crippen molar-refractivity contribution in [2.24, 2.45) is 11.8 Å². The molecule has 6 heteroatoms. The lowest BCUT2D eigenvalue weighted by Gasteiger charge is -2.28. The predicted octanol–water partition coefficient (Wildman–Crippen LogP) is -0.743. The van der Waals surface area contributed by atoms with Gasteiger partial charge in [0.15, 0.2) is 0 Å². The molecule has 4 unspecified atom stereocenters. The van der Waals surface area contributed by atoms with Crippen molar-refractivity contribution in [3.63, 3.8) is 0 Å². The van der Waals surface area contributed by atoms with Crippen LogP contribution in [0.3, 0.4) is 0 Å². The van der Waals surface area contributed by atoms with E-state index in [1.807, 2.05) is 12.2 Å². The zero-order valence-electron chi connectivity index (χ0n) is 11.2. The Labute approximate surface area is 117 Å². The normalized spacial score (nSPS) is 39.9. The van der Waals surface area contributed by atoms with E-state index < -0.39 is 0 Å². The number of nitrogens with zero attached hydrogens (tertiary/aromatic N) is 2. The number of morpholine rings is 1. The average Bonchev–Trinajstić information content (AvgIpc) is 3.13. The summed E-state index contributed by atoms with van der Waals surface area (Å²) in [4.78, 5) is 28.5. The van der Waals surface area contributed by atoms with Gasteiger partial charge in [0.2, 0.25) is 11.8 Å². The maximum absolute atomic E-state index is 12.4. The third kappa shape index (κ3) is 1.75. The zero-order chi connectivity index (χ0) is 13.7. The van der Waals surface area contributed by atoms with Crippen molar-refractivity contribution >= 4 is 11.8 Å². The number of hydrogen-bond acceptors (Lipinski definition) is 5. The summed E-state index contributed by atoms with van der Waals surface area (Å²) in [6.07, 6.45) is 3.47. The van der Waals surface area contributed by atoms with Crippen molar-refractivity contribution < 1.29 is 19.1 Å². The van der Waals surface area contributed by atoms with Crippen molar-refractivity contribution in [1.29, 1.82) is 0 Å². The van der Waals surface area contributed by atoms with E-state index >= 15 is 0 Å². The molecule has 2 bridgehead atoms. The molecule has 4 atom stereocenters. The minimum Gasteiger partial charge on any atom is -0.379 e. The van der Waals surface area contributed by atoms with Crippen LogP contribution in [0, 0.1) is 11.8 Å². The summed E-state index contributed by atoms with van der Waals surface area (Å²) in [7, 11) is 0. The van der Waals surface area contributed by atoms with Gasteiger partial charge in [-0.2, -0.15) is 0 Å². The number of carbonyl (C=O) groups is 2. The highest BCUT2D eigenvalue weighted by atomic mass is 16.5. The van der Waals surface area contributed by atoms with Crippen LogP contribution in [0.15, 0.2) is 12.2 Å². The van der Waals surface area contributed by atoms with Crippen LogP contribution in [0.5, 0.6) is 0 Å². The van der Waals surface area contributed by atoms with E-state index in [0.29, 0.717) is 6.54 Å². The molecule has 0 aromatic rings. The minimum absolute atomic E-state index is 0.0508. The maximum atomic E-state index is 12.4. The van der Waals surface area contributed by atoms with Gasteiger partial charge in [-0.25, -0.2) is 0 Å². The Morgan fingerprint density at radius 3 is 2.20 bits per heavy atom. The highest BCUT2D eigenvalue weighted by Gasteiger charge is 2.60. The van der Waals surface area contributed by atoms with Crippen molar-refractivity contribution in [2.75, 3.05) is 39.4 Å². The Morgan fingerprint density at radius 2 is 1.60 bits per heavy atom. The summed E-state index contributed by atoms with van der Waals surface area (Å²) < 4.78 is 10.9. The highest BCUT2D eigenvalue weighted by Crippen LogP contribution is 2.44. The van der Waals surface area contributed by atoms with E-state index in [4.69, 9.17) is 9.47 Å². The van der Waals surface area contributed by atoms with Crippen molar-refractivity contribution in [3.05, 3.63) is 12.2 Å². The van der Waals surface area contributed by atoms with Crippen LogP contribution in [-0.2, 0) is 19.1 Å². The summed E-state index contributed by atoms with van der Waals surface area (Å²) in [5, 5.41) is 0. The zero-order valence-corrected chi connectivity index (χ0v) is 11.2. The number of ether oxygens (including phenoxy) is 2. The van der Waals surface area contributed by atoms with Gasteiger partial charge >= 0.3 is 0 Å². The van der Waals surface area contributed by atoms with Gasteiger partial charge in [0.05, 0.1) is 37.3 Å². The van der Waals surface area contributed by atoms with Gasteiger partial charge in [-0.1, -0.05) is 12.2 Å². The van der Waals surface area contributed by atoms with Crippen LogP contribution < -0.4 is 0 Å². The molecule has 4 aliphatic rings. The summed E-state index contributed by atoms with van der Waals surface area (Å²) >= 11 is 0. The van der Waals surface area contributed by atoms with E-state index in [2.05, 4.69) is 4.90 Å². The second-order valence-corrected chi connectivity index (χ2v) is 5.78. The average molecular weight is 278 g/mol. The third-order valence-electron chi connectivity index (χ3n) is 4.75. The Hall–Kier alpha value is -1.24. The Morgan fingerprint density at radius 1 is 1.00 bits per heavy atom. The highest BCUT2D eigenvalue weighted by molar-refractivity contribution is 6.06. The molecule has 0 aromatic carbocycles. The first-order valence-electron chi connectivity index (χ1n) is 7.25. The molecule has 3 saturated heterocycles. The quantitative estimate of drug-likeness (QED) is 0.502. The molecule has 3 fully saturated rings. The van der Waals surface area contributed by atoms with E-state index in [1.54, 1.807) is 0 Å². The summed E-state index contributed by atoms with van der Waals surface area (Å²) in [5.41, 5.74) is 0. The largest absolute Gasteiger partial charge is 0.379 e. The molecule has 4 aliphatic heterocycles. The molecule has 0 radical (unpaired) electrons. The monoisotopic (exact) mass is 278 g/mol. The molecule has 0 spiro atoms. The third-order valence-corrected chi connectivity index (χ3v) is 4.75. The summed E-state index contributed by atoms with van der Waals surface area (Å²) in [6, 6.07) is 0. The van der Waals surface area contributed by atoms with Crippen LogP contribution in [-0.4, -0.2) is 73.2 Å². The molecule has 0 N–H and O–H groups in total. The second-order valence-electron chi connectivity index (χ2n) is 5.78. The standard InChI is InChI=1S/C14H18N2O4/c17-13-11-9-1-2-10(20-9)12(11)14(18)16(13)4-3-15-5-7-19-8-6-15/h1-2,9-12H,3-8H2. The number of amides is 2. The Balaban J connectivity index is 1.42. The van der Waals surface area contributed by atoms with Crippen molar-refractivity contribution in [2.45, 2.75) is 12.2 Å². The van der Waals surface area contributed by atoms with Crippen LogP contribution >= 0.6 is 0 Å². The predicted molar refractivity (Wildman–Crippen MR) is 68.8 cm³/mol.